The Balaban J connectivity index is 1.58. The van der Waals surface area contributed by atoms with Crippen LogP contribution < -0.4 is 5.32 Å². The van der Waals surface area contributed by atoms with E-state index in [4.69, 9.17) is 4.42 Å². The quantitative estimate of drug-likeness (QED) is 0.665. The highest BCUT2D eigenvalue weighted by Crippen LogP contribution is 2.25. The first-order valence-corrected chi connectivity index (χ1v) is 9.35. The Kier molecular flexibility index (Phi) is 5.73. The van der Waals surface area contributed by atoms with Crippen LogP contribution in [-0.2, 0) is 11.3 Å². The Bertz CT molecular complexity index is 890. The molecule has 0 unspecified atom stereocenters. The molecule has 0 radical (unpaired) electrons. The predicted octanol–water partition coefficient (Wildman–Crippen LogP) is 4.07. The molecular formula is C20H21N3O2S. The van der Waals surface area contributed by atoms with E-state index in [1.807, 2.05) is 18.2 Å². The van der Waals surface area contributed by atoms with E-state index in [1.165, 1.54) is 28.5 Å². The summed E-state index contributed by atoms with van der Waals surface area (Å²) in [5, 5.41) is 12.1. The molecule has 1 aromatic carbocycles. The number of carbonyl (C=O) groups is 1. The summed E-state index contributed by atoms with van der Waals surface area (Å²) in [6.45, 7) is 6.67. The zero-order chi connectivity index (χ0) is 18.5. The van der Waals surface area contributed by atoms with Gasteiger partial charge in [-0.3, -0.25) is 4.79 Å². The van der Waals surface area contributed by atoms with E-state index >= 15 is 0 Å². The van der Waals surface area contributed by atoms with Crippen molar-refractivity contribution in [2.75, 3.05) is 5.75 Å². The number of thioether (sulfide) groups is 1. The Morgan fingerprint density at radius 1 is 1.08 bits per heavy atom. The Labute approximate surface area is 157 Å². The third kappa shape index (κ3) is 4.52. The maximum atomic E-state index is 11.9. The highest BCUT2D eigenvalue weighted by atomic mass is 32.2. The summed E-state index contributed by atoms with van der Waals surface area (Å²) in [4.78, 5) is 11.9. The van der Waals surface area contributed by atoms with Gasteiger partial charge >= 0.3 is 0 Å². The standard InChI is InChI=1S/C20H21N3O2S/c1-13-9-15(3)17(10-14(13)2)18-6-7-20(23-22-18)26-12-19(24)21-11-16-5-4-8-25-16/h4-10H,11-12H2,1-3H3,(H,21,24). The van der Waals surface area contributed by atoms with Crippen LogP contribution in [0, 0.1) is 20.8 Å². The second-order valence-corrected chi connectivity index (χ2v) is 7.15. The molecule has 3 aromatic rings. The molecule has 5 nitrogen and oxygen atoms in total. The van der Waals surface area contributed by atoms with Gasteiger partial charge in [0.1, 0.15) is 10.8 Å². The van der Waals surface area contributed by atoms with Crippen LogP contribution in [0.5, 0.6) is 0 Å². The van der Waals surface area contributed by atoms with Gasteiger partial charge in [-0.15, -0.1) is 10.2 Å². The fraction of sp³-hybridized carbons (Fsp3) is 0.250. The van der Waals surface area contributed by atoms with Gasteiger partial charge in [0.15, 0.2) is 0 Å². The van der Waals surface area contributed by atoms with E-state index in [2.05, 4.69) is 48.4 Å². The number of aryl methyl sites for hydroxylation is 3. The average molecular weight is 367 g/mol. The lowest BCUT2D eigenvalue weighted by atomic mass is 9.99. The molecule has 0 aliphatic rings. The fourth-order valence-corrected chi connectivity index (χ4v) is 3.21. The van der Waals surface area contributed by atoms with Gasteiger partial charge in [0.25, 0.3) is 0 Å². The summed E-state index contributed by atoms with van der Waals surface area (Å²) in [5.41, 5.74) is 5.62. The molecule has 0 aliphatic heterocycles. The zero-order valence-electron chi connectivity index (χ0n) is 15.1. The molecule has 1 N–H and O–H groups in total. The lowest BCUT2D eigenvalue weighted by molar-refractivity contribution is -0.118. The van der Waals surface area contributed by atoms with E-state index in [-0.39, 0.29) is 11.7 Å². The lowest BCUT2D eigenvalue weighted by Gasteiger charge is -2.09. The van der Waals surface area contributed by atoms with Crippen molar-refractivity contribution in [3.05, 3.63) is 65.1 Å². The van der Waals surface area contributed by atoms with Crippen LogP contribution >= 0.6 is 11.8 Å². The van der Waals surface area contributed by atoms with Crippen LogP contribution in [0.4, 0.5) is 0 Å². The van der Waals surface area contributed by atoms with Gasteiger partial charge in [0, 0.05) is 5.56 Å². The van der Waals surface area contributed by atoms with Gasteiger partial charge in [-0.05, 0) is 67.8 Å². The van der Waals surface area contributed by atoms with E-state index < -0.39 is 0 Å². The third-order valence-electron chi connectivity index (χ3n) is 4.15. The second-order valence-electron chi connectivity index (χ2n) is 6.15. The smallest absolute Gasteiger partial charge is 0.230 e. The van der Waals surface area contributed by atoms with Crippen molar-refractivity contribution in [2.45, 2.75) is 32.3 Å². The molecule has 0 bridgehead atoms. The topological polar surface area (TPSA) is 68.0 Å². The Hall–Kier alpha value is -2.60. The molecule has 3 rings (SSSR count). The summed E-state index contributed by atoms with van der Waals surface area (Å²) < 4.78 is 5.18. The number of hydrogen-bond donors (Lipinski definition) is 1. The second kappa shape index (κ2) is 8.19. The summed E-state index contributed by atoms with van der Waals surface area (Å²) in [5.74, 6) is 0.954. The number of amides is 1. The van der Waals surface area contributed by atoms with E-state index in [0.29, 0.717) is 6.54 Å². The highest BCUT2D eigenvalue weighted by Gasteiger charge is 2.09. The number of benzene rings is 1. The summed E-state index contributed by atoms with van der Waals surface area (Å²) in [7, 11) is 0. The normalized spacial score (nSPS) is 10.7. The van der Waals surface area contributed by atoms with Crippen LogP contribution in [0.15, 0.2) is 52.1 Å². The third-order valence-corrected chi connectivity index (χ3v) is 5.07. The first-order valence-electron chi connectivity index (χ1n) is 8.37. The summed E-state index contributed by atoms with van der Waals surface area (Å²) in [6.07, 6.45) is 1.59. The number of hydrogen-bond acceptors (Lipinski definition) is 5. The molecule has 6 heteroatoms. The van der Waals surface area contributed by atoms with Crippen LogP contribution in [0.25, 0.3) is 11.3 Å². The molecule has 0 saturated heterocycles. The van der Waals surface area contributed by atoms with Gasteiger partial charge < -0.3 is 9.73 Å². The van der Waals surface area contributed by atoms with Gasteiger partial charge in [-0.25, -0.2) is 0 Å². The molecule has 2 heterocycles. The highest BCUT2D eigenvalue weighted by molar-refractivity contribution is 7.99. The minimum absolute atomic E-state index is 0.0673. The van der Waals surface area contributed by atoms with Crippen molar-refractivity contribution in [2.24, 2.45) is 0 Å². The molecule has 0 fully saturated rings. The van der Waals surface area contributed by atoms with Crippen molar-refractivity contribution in [1.82, 2.24) is 15.5 Å². The van der Waals surface area contributed by atoms with Crippen molar-refractivity contribution in [1.29, 1.82) is 0 Å². The molecule has 2 aromatic heterocycles. The molecule has 0 spiro atoms. The van der Waals surface area contributed by atoms with E-state index in [9.17, 15) is 4.79 Å². The Morgan fingerprint density at radius 2 is 1.88 bits per heavy atom. The largest absolute Gasteiger partial charge is 0.467 e. The Morgan fingerprint density at radius 3 is 2.58 bits per heavy atom. The molecule has 0 atom stereocenters. The lowest BCUT2D eigenvalue weighted by Crippen LogP contribution is -2.24. The van der Waals surface area contributed by atoms with Crippen LogP contribution in [0.2, 0.25) is 0 Å². The zero-order valence-corrected chi connectivity index (χ0v) is 15.9. The predicted molar refractivity (Wildman–Crippen MR) is 103 cm³/mol. The number of carbonyl (C=O) groups excluding carboxylic acids is 1. The van der Waals surface area contributed by atoms with Crippen LogP contribution in [0.3, 0.4) is 0 Å². The average Bonchev–Trinajstić information content (AvgIpc) is 3.15. The van der Waals surface area contributed by atoms with Crippen molar-refractivity contribution in [3.63, 3.8) is 0 Å². The molecule has 26 heavy (non-hydrogen) atoms. The summed E-state index contributed by atoms with van der Waals surface area (Å²) >= 11 is 1.36. The SMILES string of the molecule is Cc1cc(C)c(-c2ccc(SCC(=O)NCc3ccco3)nn2)cc1C. The molecule has 0 saturated carbocycles. The molecular weight excluding hydrogens is 346 g/mol. The van der Waals surface area contributed by atoms with E-state index in [1.54, 1.807) is 12.3 Å². The monoisotopic (exact) mass is 367 g/mol. The number of rotatable bonds is 6. The van der Waals surface area contributed by atoms with E-state index in [0.717, 1.165) is 22.0 Å². The van der Waals surface area contributed by atoms with Crippen molar-refractivity contribution in [3.8, 4) is 11.3 Å². The maximum Gasteiger partial charge on any atom is 0.230 e. The minimum Gasteiger partial charge on any atom is -0.467 e. The number of aromatic nitrogens is 2. The molecule has 1 amide bonds. The first kappa shape index (κ1) is 18.2. The number of furan rings is 1. The fourth-order valence-electron chi connectivity index (χ4n) is 2.57. The van der Waals surface area contributed by atoms with Crippen LogP contribution in [0.1, 0.15) is 22.5 Å². The minimum atomic E-state index is -0.0673. The van der Waals surface area contributed by atoms with Gasteiger partial charge in [0.2, 0.25) is 5.91 Å². The molecule has 0 aliphatic carbocycles. The van der Waals surface area contributed by atoms with Gasteiger partial charge in [0.05, 0.1) is 24.3 Å². The van der Waals surface area contributed by atoms with Crippen LogP contribution in [-0.4, -0.2) is 21.9 Å². The number of nitrogens with zero attached hydrogens (tertiary/aromatic N) is 2. The molecule has 134 valence electrons. The maximum absolute atomic E-state index is 11.9. The van der Waals surface area contributed by atoms with Gasteiger partial charge in [-0.1, -0.05) is 17.8 Å². The summed E-state index contributed by atoms with van der Waals surface area (Å²) in [6, 6.07) is 11.8. The van der Waals surface area contributed by atoms with Gasteiger partial charge in [-0.2, -0.15) is 0 Å². The van der Waals surface area contributed by atoms with Crippen molar-refractivity contribution < 1.29 is 9.21 Å². The number of nitrogens with one attached hydrogen (secondary N) is 1. The first-order chi connectivity index (χ1) is 12.5. The van der Waals surface area contributed by atoms with Crippen molar-refractivity contribution >= 4 is 17.7 Å².